The molecule has 192 valence electrons. The van der Waals surface area contributed by atoms with Crippen LogP contribution in [0.4, 0.5) is 8.78 Å². The first-order valence-corrected chi connectivity index (χ1v) is 13.3. The van der Waals surface area contributed by atoms with E-state index in [-0.39, 0.29) is 18.2 Å². The van der Waals surface area contributed by atoms with E-state index in [0.29, 0.717) is 58.9 Å². The maximum atomic E-state index is 15.4. The number of likely N-dealkylation sites (tertiary alicyclic amines) is 1. The topological polar surface area (TPSA) is 62.7 Å². The van der Waals surface area contributed by atoms with Crippen molar-refractivity contribution < 1.29 is 23.4 Å². The maximum Gasteiger partial charge on any atom is 0.308 e. The van der Waals surface area contributed by atoms with Crippen LogP contribution in [0.15, 0.2) is 53.6 Å². The zero-order chi connectivity index (χ0) is 25.7. The second kappa shape index (κ2) is 12.2. The summed E-state index contributed by atoms with van der Waals surface area (Å²) in [7, 11) is 1.57. The fourth-order valence-electron chi connectivity index (χ4n) is 4.86. The smallest absolute Gasteiger partial charge is 0.308 e. The van der Waals surface area contributed by atoms with Gasteiger partial charge in [-0.3, -0.25) is 9.78 Å². The number of fused-ring (bicyclic) bond motifs is 1. The Balaban J connectivity index is 1.33. The number of halogens is 3. The van der Waals surface area contributed by atoms with Crippen LogP contribution in [0.3, 0.4) is 0 Å². The number of carboxylic acid groups (broad SMARTS) is 1. The second-order valence-corrected chi connectivity index (χ2v) is 10.7. The van der Waals surface area contributed by atoms with E-state index in [1.54, 1.807) is 37.6 Å². The Hall–Kier alpha value is -2.42. The highest BCUT2D eigenvalue weighted by atomic mass is 35.5. The van der Waals surface area contributed by atoms with Crippen molar-refractivity contribution >= 4 is 40.2 Å². The molecule has 0 spiro atoms. The molecular formula is C27H29ClF2N2O3S. The molecule has 1 fully saturated rings. The molecule has 1 N–H and O–H groups in total. The number of pyridine rings is 1. The molecule has 2 heterocycles. The standard InChI is InChI=1S/C27H29ClF2N2O3S/c1-35-20-3-5-26-23(15-20)22(6-8-31-26)25(30)4-2-17-7-9-32(16-24(17)27(33)34)10-11-36-21-13-18(28)12-19(29)14-21/h3,5-6,8,12-15,17,24-25H,2,4,7,9-11,16H2,1H3,(H,33,34)/t17-,24+,25+/m1/s1. The molecule has 0 amide bonds. The van der Waals surface area contributed by atoms with E-state index in [0.717, 1.165) is 11.4 Å². The molecule has 3 atom stereocenters. The SMILES string of the molecule is COc1ccc2nccc([C@@H](F)CC[C@@H]3CCN(CCSc4cc(F)cc(Cl)c4)C[C@@H]3C(=O)O)c2c1. The number of hydrogen-bond acceptors (Lipinski definition) is 5. The second-order valence-electron chi connectivity index (χ2n) is 9.08. The van der Waals surface area contributed by atoms with Crippen LogP contribution in [0.5, 0.6) is 5.75 Å². The predicted octanol–water partition coefficient (Wildman–Crippen LogP) is 6.64. The van der Waals surface area contributed by atoms with Crippen LogP contribution in [-0.4, -0.2) is 53.5 Å². The first-order valence-electron chi connectivity index (χ1n) is 11.9. The van der Waals surface area contributed by atoms with E-state index < -0.39 is 18.1 Å². The molecular weight excluding hydrogens is 506 g/mol. The van der Waals surface area contributed by atoms with Crippen LogP contribution in [0.1, 0.15) is 31.0 Å². The van der Waals surface area contributed by atoms with Gasteiger partial charge in [0.25, 0.3) is 0 Å². The number of alkyl halides is 1. The zero-order valence-electron chi connectivity index (χ0n) is 20.0. The summed E-state index contributed by atoms with van der Waals surface area (Å²) in [6, 6.07) is 11.5. The number of carboxylic acids is 1. The van der Waals surface area contributed by atoms with Gasteiger partial charge >= 0.3 is 5.97 Å². The highest BCUT2D eigenvalue weighted by Gasteiger charge is 2.34. The summed E-state index contributed by atoms with van der Waals surface area (Å²) in [6.45, 7) is 1.87. The minimum Gasteiger partial charge on any atom is -0.497 e. The van der Waals surface area contributed by atoms with Gasteiger partial charge in [-0.15, -0.1) is 11.8 Å². The van der Waals surface area contributed by atoms with Crippen LogP contribution < -0.4 is 4.74 Å². The largest absolute Gasteiger partial charge is 0.497 e. The van der Waals surface area contributed by atoms with Crippen molar-refractivity contribution in [1.29, 1.82) is 0 Å². The quantitative estimate of drug-likeness (QED) is 0.294. The summed E-state index contributed by atoms with van der Waals surface area (Å²) in [5.41, 5.74) is 1.25. The number of benzene rings is 2. The van der Waals surface area contributed by atoms with E-state index in [1.165, 1.54) is 23.9 Å². The van der Waals surface area contributed by atoms with Gasteiger partial charge in [-0.05, 0) is 79.8 Å². The molecule has 0 saturated carbocycles. The first kappa shape index (κ1) is 26.6. The Morgan fingerprint density at radius 2 is 2.14 bits per heavy atom. The lowest BCUT2D eigenvalue weighted by molar-refractivity contribution is -0.146. The number of nitrogens with zero attached hydrogens (tertiary/aromatic N) is 2. The summed E-state index contributed by atoms with van der Waals surface area (Å²) in [6.07, 6.45) is 1.83. The minimum atomic E-state index is -1.22. The predicted molar refractivity (Wildman–Crippen MR) is 139 cm³/mol. The molecule has 9 heteroatoms. The fraction of sp³-hybridized carbons (Fsp3) is 0.407. The number of thioether (sulfide) groups is 1. The summed E-state index contributed by atoms with van der Waals surface area (Å²) in [5, 5.41) is 10.9. The van der Waals surface area contributed by atoms with Crippen molar-refractivity contribution in [2.75, 3.05) is 32.5 Å². The van der Waals surface area contributed by atoms with Gasteiger partial charge in [-0.2, -0.15) is 0 Å². The summed E-state index contributed by atoms with van der Waals surface area (Å²) in [4.78, 5) is 19.2. The van der Waals surface area contributed by atoms with Gasteiger partial charge in [-0.25, -0.2) is 8.78 Å². The number of piperidine rings is 1. The molecule has 0 aliphatic carbocycles. The summed E-state index contributed by atoms with van der Waals surface area (Å²) < 4.78 is 34.2. The van der Waals surface area contributed by atoms with Crippen molar-refractivity contribution in [2.24, 2.45) is 11.8 Å². The monoisotopic (exact) mass is 534 g/mol. The molecule has 1 aliphatic rings. The van der Waals surface area contributed by atoms with Gasteiger partial charge in [0.1, 0.15) is 17.7 Å². The van der Waals surface area contributed by atoms with E-state index in [2.05, 4.69) is 9.88 Å². The van der Waals surface area contributed by atoms with Crippen LogP contribution in [-0.2, 0) is 4.79 Å². The highest BCUT2D eigenvalue weighted by Crippen LogP contribution is 2.35. The van der Waals surface area contributed by atoms with E-state index in [9.17, 15) is 14.3 Å². The van der Waals surface area contributed by atoms with Gasteiger partial charge in [0, 0.05) is 40.3 Å². The number of rotatable bonds is 10. The third-order valence-electron chi connectivity index (χ3n) is 6.78. The van der Waals surface area contributed by atoms with Crippen molar-refractivity contribution in [3.63, 3.8) is 0 Å². The summed E-state index contributed by atoms with van der Waals surface area (Å²) >= 11 is 7.41. The Morgan fingerprint density at radius 1 is 1.31 bits per heavy atom. The number of ether oxygens (including phenoxy) is 1. The van der Waals surface area contributed by atoms with E-state index in [1.807, 2.05) is 6.07 Å². The van der Waals surface area contributed by atoms with Gasteiger partial charge in [0.05, 0.1) is 18.5 Å². The molecule has 5 nitrogen and oxygen atoms in total. The number of carbonyl (C=O) groups is 1. The first-order chi connectivity index (χ1) is 17.3. The van der Waals surface area contributed by atoms with Crippen molar-refractivity contribution in [3.8, 4) is 5.75 Å². The highest BCUT2D eigenvalue weighted by molar-refractivity contribution is 7.99. The summed E-state index contributed by atoms with van der Waals surface area (Å²) in [5.74, 6) is -0.517. The molecule has 1 saturated heterocycles. The number of aromatic nitrogens is 1. The van der Waals surface area contributed by atoms with Crippen LogP contribution in [0.25, 0.3) is 10.9 Å². The molecule has 0 bridgehead atoms. The third kappa shape index (κ3) is 6.66. The van der Waals surface area contributed by atoms with Crippen molar-refractivity contribution in [3.05, 3.63) is 65.1 Å². The lowest BCUT2D eigenvalue weighted by Gasteiger charge is -2.36. The Bertz CT molecular complexity index is 1190. The van der Waals surface area contributed by atoms with Crippen LogP contribution >= 0.6 is 23.4 Å². The number of methoxy groups -OCH3 is 1. The van der Waals surface area contributed by atoms with E-state index >= 15 is 4.39 Å². The molecule has 0 unspecified atom stereocenters. The third-order valence-corrected chi connectivity index (χ3v) is 7.95. The Morgan fingerprint density at radius 3 is 2.89 bits per heavy atom. The van der Waals surface area contributed by atoms with Crippen LogP contribution in [0.2, 0.25) is 5.02 Å². The molecule has 1 aliphatic heterocycles. The fourth-order valence-corrected chi connectivity index (χ4v) is 6.14. The normalized spacial score (nSPS) is 19.3. The molecule has 4 rings (SSSR count). The van der Waals surface area contributed by atoms with Gasteiger partial charge in [0.2, 0.25) is 0 Å². The lowest BCUT2D eigenvalue weighted by Crippen LogP contribution is -2.44. The average Bonchev–Trinajstić information content (AvgIpc) is 2.86. The maximum absolute atomic E-state index is 15.4. The molecule has 0 radical (unpaired) electrons. The molecule has 3 aromatic rings. The van der Waals surface area contributed by atoms with E-state index in [4.69, 9.17) is 16.3 Å². The number of aliphatic carboxylic acids is 1. The van der Waals surface area contributed by atoms with Crippen LogP contribution in [0, 0.1) is 17.7 Å². The zero-order valence-corrected chi connectivity index (χ0v) is 21.6. The molecule has 1 aromatic heterocycles. The molecule has 2 aromatic carbocycles. The van der Waals surface area contributed by atoms with Gasteiger partial charge in [-0.1, -0.05) is 11.6 Å². The average molecular weight is 535 g/mol. The molecule has 36 heavy (non-hydrogen) atoms. The number of hydrogen-bond donors (Lipinski definition) is 1. The van der Waals surface area contributed by atoms with Crippen molar-refractivity contribution in [1.82, 2.24) is 9.88 Å². The van der Waals surface area contributed by atoms with Gasteiger partial charge in [0.15, 0.2) is 0 Å². The lowest BCUT2D eigenvalue weighted by atomic mass is 9.81. The minimum absolute atomic E-state index is 0.0886. The van der Waals surface area contributed by atoms with Crippen molar-refractivity contribution in [2.45, 2.75) is 30.3 Å². The Kier molecular flexibility index (Phi) is 9.04. The van der Waals surface area contributed by atoms with Gasteiger partial charge < -0.3 is 14.7 Å². The Labute approximate surface area is 218 Å².